The number of nitrogens with two attached hydrogens (primary N) is 1. The second-order valence-electron chi connectivity index (χ2n) is 8.43. The molecule has 35 heavy (non-hydrogen) atoms. The van der Waals surface area contributed by atoms with Crippen LogP contribution in [-0.2, 0) is 13.2 Å². The summed E-state index contributed by atoms with van der Waals surface area (Å²) in [5.74, 6) is 0.448. The van der Waals surface area contributed by atoms with Crippen LogP contribution >= 0.6 is 0 Å². The molecule has 0 spiro atoms. The highest BCUT2D eigenvalue weighted by atomic mass is 16.5. The molecule has 3 aromatic heterocycles. The fourth-order valence-corrected chi connectivity index (χ4v) is 4.27. The Kier molecular flexibility index (Phi) is 5.97. The summed E-state index contributed by atoms with van der Waals surface area (Å²) in [4.78, 5) is 24.9. The lowest BCUT2D eigenvalue weighted by Gasteiger charge is -2.15. The summed E-state index contributed by atoms with van der Waals surface area (Å²) >= 11 is 0. The Bertz CT molecular complexity index is 1510. The van der Waals surface area contributed by atoms with Gasteiger partial charge in [-0.3, -0.25) is 9.78 Å². The maximum absolute atomic E-state index is 11.8. The number of carbonyl (C=O) groups excluding carboxylic acids is 1. The molecule has 0 aliphatic rings. The van der Waals surface area contributed by atoms with Crippen molar-refractivity contribution in [1.29, 1.82) is 0 Å². The Labute approximate surface area is 203 Å². The first kappa shape index (κ1) is 22.3. The number of imidazole rings is 1. The smallest absolute Gasteiger partial charge is 0.271 e. The van der Waals surface area contributed by atoms with Crippen molar-refractivity contribution in [2.45, 2.75) is 27.0 Å². The Morgan fingerprint density at radius 2 is 1.71 bits per heavy atom. The second kappa shape index (κ2) is 9.38. The molecule has 5 aromatic rings. The molecular formula is C28H25N5O2. The first-order valence-electron chi connectivity index (χ1n) is 11.3. The number of ether oxygens (including phenoxy) is 1. The van der Waals surface area contributed by atoms with Gasteiger partial charge < -0.3 is 15.0 Å². The first-order chi connectivity index (χ1) is 17.0. The quantitative estimate of drug-likeness (QED) is 0.373. The second-order valence-corrected chi connectivity index (χ2v) is 8.43. The average molecular weight is 464 g/mol. The Balaban J connectivity index is 1.60. The number of carbonyl (C=O) groups is 1. The van der Waals surface area contributed by atoms with Crippen LogP contribution < -0.4 is 10.5 Å². The molecule has 0 aliphatic heterocycles. The van der Waals surface area contributed by atoms with Crippen LogP contribution in [0.3, 0.4) is 0 Å². The number of rotatable bonds is 7. The summed E-state index contributed by atoms with van der Waals surface area (Å²) in [6.07, 6.45) is 5.10. The molecule has 0 unspecified atom stereocenters. The van der Waals surface area contributed by atoms with Crippen molar-refractivity contribution in [3.63, 3.8) is 0 Å². The number of pyridine rings is 2. The van der Waals surface area contributed by atoms with Gasteiger partial charge in [-0.1, -0.05) is 24.3 Å². The zero-order valence-corrected chi connectivity index (χ0v) is 19.6. The fourth-order valence-electron chi connectivity index (χ4n) is 4.27. The van der Waals surface area contributed by atoms with E-state index in [4.69, 9.17) is 15.5 Å². The van der Waals surface area contributed by atoms with E-state index < -0.39 is 5.91 Å². The molecule has 2 aromatic carbocycles. The minimum absolute atomic E-state index is 0.102. The van der Waals surface area contributed by atoms with Gasteiger partial charge in [-0.2, -0.15) is 0 Å². The van der Waals surface area contributed by atoms with E-state index in [9.17, 15) is 4.79 Å². The molecule has 174 valence electrons. The molecule has 5 rings (SSSR count). The van der Waals surface area contributed by atoms with Crippen molar-refractivity contribution < 1.29 is 9.53 Å². The predicted molar refractivity (Wildman–Crippen MR) is 135 cm³/mol. The van der Waals surface area contributed by atoms with E-state index in [1.54, 1.807) is 24.5 Å². The lowest BCUT2D eigenvalue weighted by molar-refractivity contribution is 0.0990. The summed E-state index contributed by atoms with van der Waals surface area (Å²) < 4.78 is 8.19. The molecule has 0 aliphatic carbocycles. The van der Waals surface area contributed by atoms with Gasteiger partial charge in [0.05, 0.1) is 11.0 Å². The Hall–Kier alpha value is -4.52. The van der Waals surface area contributed by atoms with E-state index in [2.05, 4.69) is 58.7 Å². The van der Waals surface area contributed by atoms with Gasteiger partial charge in [-0.15, -0.1) is 0 Å². The Morgan fingerprint density at radius 1 is 0.943 bits per heavy atom. The molecule has 1 amide bonds. The van der Waals surface area contributed by atoms with Gasteiger partial charge in [0.1, 0.15) is 12.4 Å². The molecule has 7 heteroatoms. The highest BCUT2D eigenvalue weighted by molar-refractivity contribution is 5.93. The zero-order valence-electron chi connectivity index (χ0n) is 19.6. The van der Waals surface area contributed by atoms with Gasteiger partial charge in [0.15, 0.2) is 11.4 Å². The molecule has 7 nitrogen and oxygen atoms in total. The van der Waals surface area contributed by atoms with E-state index in [1.807, 2.05) is 18.2 Å². The number of aromatic nitrogens is 4. The van der Waals surface area contributed by atoms with E-state index in [0.717, 1.165) is 28.0 Å². The lowest BCUT2D eigenvalue weighted by atomic mass is 10.0. The van der Waals surface area contributed by atoms with Crippen LogP contribution in [0.15, 0.2) is 79.3 Å². The van der Waals surface area contributed by atoms with Crippen LogP contribution in [0.2, 0.25) is 0 Å². The molecule has 0 fully saturated rings. The van der Waals surface area contributed by atoms with Crippen LogP contribution in [0, 0.1) is 13.8 Å². The fraction of sp³-hybridized carbons (Fsp3) is 0.143. The molecule has 0 radical (unpaired) electrons. The van der Waals surface area contributed by atoms with Crippen molar-refractivity contribution >= 4 is 16.9 Å². The molecule has 2 N–H and O–H groups in total. The highest BCUT2D eigenvalue weighted by Gasteiger charge is 2.17. The maximum atomic E-state index is 11.8. The van der Waals surface area contributed by atoms with Crippen LogP contribution in [0.1, 0.15) is 33.0 Å². The highest BCUT2D eigenvalue weighted by Crippen LogP contribution is 2.27. The van der Waals surface area contributed by atoms with Crippen molar-refractivity contribution in [1.82, 2.24) is 19.5 Å². The van der Waals surface area contributed by atoms with Crippen LogP contribution in [0.25, 0.3) is 22.2 Å². The maximum Gasteiger partial charge on any atom is 0.271 e. The summed E-state index contributed by atoms with van der Waals surface area (Å²) in [6, 6.07) is 19.9. The summed E-state index contributed by atoms with van der Waals surface area (Å²) in [6.45, 7) is 5.04. The summed E-state index contributed by atoms with van der Waals surface area (Å²) in [5.41, 5.74) is 13.3. The SMILES string of the molecule is Cc1cccc(C)c1Cn1c(COc2cccnc2C(N)=O)nc2ccc(-c3ccncc3)cc21. The molecule has 0 saturated heterocycles. The molecular weight excluding hydrogens is 438 g/mol. The van der Waals surface area contributed by atoms with Crippen LogP contribution in [0.4, 0.5) is 0 Å². The van der Waals surface area contributed by atoms with Gasteiger partial charge in [-0.25, -0.2) is 9.97 Å². The predicted octanol–water partition coefficient (Wildman–Crippen LogP) is 4.84. The van der Waals surface area contributed by atoms with Crippen LogP contribution in [-0.4, -0.2) is 25.4 Å². The molecule has 3 heterocycles. The largest absolute Gasteiger partial charge is 0.483 e. The van der Waals surface area contributed by atoms with Crippen LogP contribution in [0.5, 0.6) is 5.75 Å². The first-order valence-corrected chi connectivity index (χ1v) is 11.3. The van der Waals surface area contributed by atoms with E-state index >= 15 is 0 Å². The van der Waals surface area contributed by atoms with Crippen molar-refractivity contribution in [2.24, 2.45) is 5.73 Å². The van der Waals surface area contributed by atoms with Gasteiger partial charge in [0.25, 0.3) is 5.91 Å². The summed E-state index contributed by atoms with van der Waals surface area (Å²) in [7, 11) is 0. The van der Waals surface area contributed by atoms with E-state index in [-0.39, 0.29) is 12.3 Å². The summed E-state index contributed by atoms with van der Waals surface area (Å²) in [5, 5.41) is 0. The van der Waals surface area contributed by atoms with Gasteiger partial charge in [0.2, 0.25) is 0 Å². The number of hydrogen-bond donors (Lipinski definition) is 1. The topological polar surface area (TPSA) is 95.9 Å². The van der Waals surface area contributed by atoms with Crippen molar-refractivity contribution in [2.75, 3.05) is 0 Å². The van der Waals surface area contributed by atoms with E-state index in [0.29, 0.717) is 12.3 Å². The van der Waals surface area contributed by atoms with E-state index in [1.165, 1.54) is 22.9 Å². The number of nitrogens with zero attached hydrogens (tertiary/aromatic N) is 4. The molecule has 0 bridgehead atoms. The number of benzene rings is 2. The van der Waals surface area contributed by atoms with Gasteiger partial charge in [-0.05, 0) is 78.1 Å². The minimum atomic E-state index is -0.633. The monoisotopic (exact) mass is 463 g/mol. The average Bonchev–Trinajstić information content (AvgIpc) is 3.22. The third-order valence-electron chi connectivity index (χ3n) is 6.16. The number of amides is 1. The Morgan fingerprint density at radius 3 is 2.46 bits per heavy atom. The normalized spacial score (nSPS) is 11.0. The van der Waals surface area contributed by atoms with Gasteiger partial charge >= 0.3 is 0 Å². The standard InChI is InChI=1S/C28H25N5O2/c1-18-5-3-6-19(2)22(18)16-33-24-15-21(20-10-13-30-14-11-20)8-9-23(24)32-26(33)17-35-25-7-4-12-31-27(25)28(29)34/h3-15H,16-17H2,1-2H3,(H2,29,34). The zero-order chi connectivity index (χ0) is 24.4. The number of primary amides is 1. The number of aryl methyl sites for hydroxylation is 2. The van der Waals surface area contributed by atoms with Crippen molar-refractivity contribution in [3.05, 3.63) is 107 Å². The number of hydrogen-bond acceptors (Lipinski definition) is 5. The third kappa shape index (κ3) is 4.48. The van der Waals surface area contributed by atoms with Crippen molar-refractivity contribution in [3.8, 4) is 16.9 Å². The third-order valence-corrected chi connectivity index (χ3v) is 6.16. The number of fused-ring (bicyclic) bond motifs is 1. The minimum Gasteiger partial charge on any atom is -0.483 e. The lowest BCUT2D eigenvalue weighted by Crippen LogP contribution is -2.16. The van der Waals surface area contributed by atoms with Gasteiger partial charge in [0, 0.05) is 25.1 Å². The molecule has 0 atom stereocenters. The molecule has 0 saturated carbocycles.